The monoisotopic (exact) mass is 257 g/mol. The Morgan fingerprint density at radius 3 is 2.16 bits per heavy atom. The van der Waals surface area contributed by atoms with Crippen molar-refractivity contribution in [2.24, 2.45) is 5.41 Å². The van der Waals surface area contributed by atoms with Crippen molar-refractivity contribution in [2.45, 2.75) is 64.3 Å². The van der Waals surface area contributed by atoms with Crippen molar-refractivity contribution >= 4 is 0 Å². The smallest absolute Gasteiger partial charge is 0.0320 e. The molecular formula is C18H27N. The lowest BCUT2D eigenvalue weighted by Gasteiger charge is -2.34. The fourth-order valence-corrected chi connectivity index (χ4v) is 3.70. The second-order valence-corrected chi connectivity index (χ2v) is 7.25. The molecule has 1 heterocycles. The van der Waals surface area contributed by atoms with E-state index in [0.29, 0.717) is 11.5 Å². The summed E-state index contributed by atoms with van der Waals surface area (Å²) >= 11 is 0. The van der Waals surface area contributed by atoms with Crippen LogP contribution in [-0.4, -0.2) is 6.54 Å². The van der Waals surface area contributed by atoms with Crippen molar-refractivity contribution in [1.82, 2.24) is 5.32 Å². The van der Waals surface area contributed by atoms with E-state index in [-0.39, 0.29) is 0 Å². The molecule has 104 valence electrons. The number of hydrogen-bond acceptors (Lipinski definition) is 1. The second-order valence-electron chi connectivity index (χ2n) is 7.25. The van der Waals surface area contributed by atoms with Crippen LogP contribution in [0.4, 0.5) is 0 Å². The van der Waals surface area contributed by atoms with Gasteiger partial charge >= 0.3 is 0 Å². The zero-order valence-corrected chi connectivity index (χ0v) is 12.4. The molecule has 1 saturated heterocycles. The van der Waals surface area contributed by atoms with Crippen LogP contribution < -0.4 is 5.32 Å². The summed E-state index contributed by atoms with van der Waals surface area (Å²) in [7, 11) is 0. The van der Waals surface area contributed by atoms with E-state index in [0.717, 1.165) is 5.92 Å². The summed E-state index contributed by atoms with van der Waals surface area (Å²) in [5.41, 5.74) is 3.62. The van der Waals surface area contributed by atoms with Crippen LogP contribution in [0.5, 0.6) is 0 Å². The molecule has 19 heavy (non-hydrogen) atoms. The fourth-order valence-electron chi connectivity index (χ4n) is 3.70. The highest BCUT2D eigenvalue weighted by Crippen LogP contribution is 2.42. The molecule has 1 unspecified atom stereocenters. The third-order valence-corrected chi connectivity index (χ3v) is 5.21. The highest BCUT2D eigenvalue weighted by molar-refractivity contribution is 5.28. The van der Waals surface area contributed by atoms with Gasteiger partial charge in [-0.2, -0.15) is 0 Å². The van der Waals surface area contributed by atoms with Crippen molar-refractivity contribution in [3.05, 3.63) is 35.4 Å². The highest BCUT2D eigenvalue weighted by Gasteiger charge is 2.27. The van der Waals surface area contributed by atoms with Crippen molar-refractivity contribution in [1.29, 1.82) is 0 Å². The van der Waals surface area contributed by atoms with E-state index in [1.54, 1.807) is 5.56 Å². The minimum atomic E-state index is 0.574. The molecular weight excluding hydrogens is 230 g/mol. The maximum absolute atomic E-state index is 3.58. The first-order valence-electron chi connectivity index (χ1n) is 7.97. The van der Waals surface area contributed by atoms with Gasteiger partial charge in [0, 0.05) is 6.04 Å². The lowest BCUT2D eigenvalue weighted by atomic mass is 9.71. The first-order chi connectivity index (χ1) is 9.14. The van der Waals surface area contributed by atoms with Gasteiger partial charge in [0.25, 0.3) is 0 Å². The zero-order chi connectivity index (χ0) is 13.3. The molecule has 1 aromatic carbocycles. The molecule has 1 aliphatic heterocycles. The molecule has 1 saturated carbocycles. The lowest BCUT2D eigenvalue weighted by molar-refractivity contribution is 0.224. The molecule has 3 rings (SSSR count). The van der Waals surface area contributed by atoms with Gasteiger partial charge in [0.1, 0.15) is 0 Å². The Balaban J connectivity index is 1.66. The van der Waals surface area contributed by atoms with Crippen LogP contribution in [0.1, 0.15) is 75.5 Å². The van der Waals surface area contributed by atoms with Crippen LogP contribution in [0.2, 0.25) is 0 Å². The summed E-state index contributed by atoms with van der Waals surface area (Å²) in [6.07, 6.45) is 8.12. The Labute approximate surface area is 117 Å². The van der Waals surface area contributed by atoms with Crippen molar-refractivity contribution < 1.29 is 0 Å². The first-order valence-corrected chi connectivity index (χ1v) is 7.97. The molecule has 1 heteroatoms. The molecule has 0 aromatic heterocycles. The fraction of sp³-hybridized carbons (Fsp3) is 0.667. The average Bonchev–Trinajstić information content (AvgIpc) is 2.93. The van der Waals surface area contributed by atoms with Gasteiger partial charge in [-0.25, -0.2) is 0 Å². The standard InChI is InChI=1S/C18H27N/c1-18(2)11-9-15(10-12-18)14-5-7-16(8-6-14)17-4-3-13-19-17/h5-8,15,17,19H,3-4,9-13H2,1-2H3. The zero-order valence-electron chi connectivity index (χ0n) is 12.4. The maximum atomic E-state index is 3.58. The van der Waals surface area contributed by atoms with Crippen LogP contribution in [0.15, 0.2) is 24.3 Å². The normalized spacial score (nSPS) is 27.6. The Bertz CT molecular complexity index is 402. The Morgan fingerprint density at radius 1 is 0.947 bits per heavy atom. The van der Waals surface area contributed by atoms with Gasteiger partial charge in [0.15, 0.2) is 0 Å². The Hall–Kier alpha value is -0.820. The van der Waals surface area contributed by atoms with E-state index >= 15 is 0 Å². The van der Waals surface area contributed by atoms with E-state index in [9.17, 15) is 0 Å². The summed E-state index contributed by atoms with van der Waals surface area (Å²) in [5.74, 6) is 0.804. The molecule has 0 spiro atoms. The Kier molecular flexibility index (Phi) is 3.66. The lowest BCUT2D eigenvalue weighted by Crippen LogP contribution is -2.20. The summed E-state index contributed by atoms with van der Waals surface area (Å²) in [5, 5.41) is 3.58. The molecule has 1 atom stereocenters. The molecule has 0 radical (unpaired) electrons. The summed E-state index contributed by atoms with van der Waals surface area (Å²) in [6, 6.07) is 10.1. The van der Waals surface area contributed by atoms with Gasteiger partial charge in [-0.05, 0) is 67.5 Å². The number of nitrogens with one attached hydrogen (secondary N) is 1. The van der Waals surface area contributed by atoms with Gasteiger partial charge < -0.3 is 5.32 Å². The van der Waals surface area contributed by atoms with Gasteiger partial charge in [-0.15, -0.1) is 0 Å². The number of rotatable bonds is 2. The van der Waals surface area contributed by atoms with Gasteiger partial charge in [0.05, 0.1) is 0 Å². The maximum Gasteiger partial charge on any atom is 0.0320 e. The average molecular weight is 257 g/mol. The SMILES string of the molecule is CC1(C)CCC(c2ccc(C3CCCN3)cc2)CC1. The summed E-state index contributed by atoms with van der Waals surface area (Å²) in [4.78, 5) is 0. The van der Waals surface area contributed by atoms with E-state index < -0.39 is 0 Å². The molecule has 1 N–H and O–H groups in total. The van der Waals surface area contributed by atoms with Gasteiger partial charge in [-0.3, -0.25) is 0 Å². The number of hydrogen-bond donors (Lipinski definition) is 1. The van der Waals surface area contributed by atoms with Gasteiger partial charge in [0.2, 0.25) is 0 Å². The minimum absolute atomic E-state index is 0.574. The Morgan fingerprint density at radius 2 is 1.58 bits per heavy atom. The third-order valence-electron chi connectivity index (χ3n) is 5.21. The number of benzene rings is 1. The molecule has 0 amide bonds. The summed E-state index contributed by atoms with van der Waals surface area (Å²) in [6.45, 7) is 6.01. The molecule has 1 nitrogen and oxygen atoms in total. The van der Waals surface area contributed by atoms with Crippen LogP contribution in [-0.2, 0) is 0 Å². The van der Waals surface area contributed by atoms with E-state index in [2.05, 4.69) is 43.4 Å². The van der Waals surface area contributed by atoms with Crippen molar-refractivity contribution in [3.63, 3.8) is 0 Å². The van der Waals surface area contributed by atoms with Crippen LogP contribution in [0, 0.1) is 5.41 Å². The first kappa shape index (κ1) is 13.2. The van der Waals surface area contributed by atoms with Crippen molar-refractivity contribution in [3.8, 4) is 0 Å². The van der Waals surface area contributed by atoms with Crippen LogP contribution in [0.25, 0.3) is 0 Å². The molecule has 1 aliphatic carbocycles. The molecule has 2 aliphatic rings. The second kappa shape index (κ2) is 5.28. The highest BCUT2D eigenvalue weighted by atomic mass is 14.9. The quantitative estimate of drug-likeness (QED) is 0.803. The summed E-state index contributed by atoms with van der Waals surface area (Å²) < 4.78 is 0. The van der Waals surface area contributed by atoms with Gasteiger partial charge in [-0.1, -0.05) is 38.1 Å². The predicted octanol–water partition coefficient (Wildman–Crippen LogP) is 4.79. The van der Waals surface area contributed by atoms with E-state index in [1.807, 2.05) is 0 Å². The predicted molar refractivity (Wildman–Crippen MR) is 81.4 cm³/mol. The minimum Gasteiger partial charge on any atom is -0.310 e. The van der Waals surface area contributed by atoms with Crippen LogP contribution in [0.3, 0.4) is 0 Å². The van der Waals surface area contributed by atoms with E-state index in [1.165, 1.54) is 50.6 Å². The molecule has 1 aromatic rings. The third kappa shape index (κ3) is 3.02. The van der Waals surface area contributed by atoms with Crippen LogP contribution >= 0.6 is 0 Å². The van der Waals surface area contributed by atoms with Crippen molar-refractivity contribution in [2.75, 3.05) is 6.54 Å². The van der Waals surface area contributed by atoms with E-state index in [4.69, 9.17) is 0 Å². The molecule has 0 bridgehead atoms. The largest absolute Gasteiger partial charge is 0.310 e. The topological polar surface area (TPSA) is 12.0 Å². The molecule has 2 fully saturated rings.